The molecule has 1 rings (SSSR count). The van der Waals surface area contributed by atoms with E-state index in [1.807, 2.05) is 6.92 Å². The van der Waals surface area contributed by atoms with Gasteiger partial charge in [0.2, 0.25) is 0 Å². The van der Waals surface area contributed by atoms with Gasteiger partial charge in [-0.15, -0.1) is 0 Å². The lowest BCUT2D eigenvalue weighted by atomic mass is 10.0. The van der Waals surface area contributed by atoms with Crippen molar-refractivity contribution in [1.82, 2.24) is 4.90 Å². The van der Waals surface area contributed by atoms with Crippen molar-refractivity contribution in [2.24, 2.45) is 5.73 Å². The lowest BCUT2D eigenvalue weighted by Gasteiger charge is -2.22. The molecule has 2 nitrogen and oxygen atoms in total. The molecule has 0 amide bonds. The van der Waals surface area contributed by atoms with Gasteiger partial charge in [0.15, 0.2) is 0 Å². The highest BCUT2D eigenvalue weighted by Crippen LogP contribution is 2.25. The Balaban J connectivity index is 2.36. The van der Waals surface area contributed by atoms with Crippen molar-refractivity contribution in [2.45, 2.75) is 44.8 Å². The summed E-state index contributed by atoms with van der Waals surface area (Å²) < 4.78 is 13.6. The van der Waals surface area contributed by atoms with E-state index in [4.69, 9.17) is 5.73 Å². The van der Waals surface area contributed by atoms with Crippen LogP contribution in [0.15, 0.2) is 0 Å². The van der Waals surface area contributed by atoms with Crippen molar-refractivity contribution in [2.75, 3.05) is 19.6 Å². The molecule has 1 saturated heterocycles. The van der Waals surface area contributed by atoms with E-state index in [9.17, 15) is 4.39 Å². The Labute approximate surface area is 80.3 Å². The van der Waals surface area contributed by atoms with Crippen molar-refractivity contribution >= 4 is 0 Å². The summed E-state index contributed by atoms with van der Waals surface area (Å²) in [7, 11) is 0. The average molecular weight is 188 g/mol. The molecule has 0 aromatic carbocycles. The summed E-state index contributed by atoms with van der Waals surface area (Å²) in [6, 6.07) is 0.198. The van der Waals surface area contributed by atoms with Crippen molar-refractivity contribution in [1.29, 1.82) is 0 Å². The summed E-state index contributed by atoms with van der Waals surface area (Å²) in [5.41, 5.74) is 4.75. The van der Waals surface area contributed by atoms with E-state index >= 15 is 0 Å². The zero-order chi connectivity index (χ0) is 9.90. The molecule has 0 aromatic rings. The van der Waals surface area contributed by atoms with Crippen LogP contribution in [0.25, 0.3) is 0 Å². The first kappa shape index (κ1) is 10.9. The molecule has 0 saturated carbocycles. The highest BCUT2D eigenvalue weighted by Gasteiger charge is 2.26. The molecule has 0 aliphatic carbocycles. The highest BCUT2D eigenvalue weighted by molar-refractivity contribution is 4.80. The maximum Gasteiger partial charge on any atom is 0.109 e. The van der Waals surface area contributed by atoms with Crippen LogP contribution in [-0.2, 0) is 0 Å². The molecule has 1 aliphatic rings. The second kappa shape index (κ2) is 4.38. The number of nitrogens with two attached hydrogens (primary N) is 1. The van der Waals surface area contributed by atoms with Gasteiger partial charge in [0, 0.05) is 19.1 Å². The summed E-state index contributed by atoms with van der Waals surface area (Å²) in [6.45, 7) is 6.47. The summed E-state index contributed by atoms with van der Waals surface area (Å²) in [6.07, 6.45) is 2.31. The Morgan fingerprint density at radius 3 is 2.77 bits per heavy atom. The minimum Gasteiger partial charge on any atom is -0.327 e. The van der Waals surface area contributed by atoms with Crippen molar-refractivity contribution in [3.05, 3.63) is 0 Å². The third-order valence-electron chi connectivity index (χ3n) is 2.67. The van der Waals surface area contributed by atoms with E-state index in [1.165, 1.54) is 0 Å². The third-order valence-corrected chi connectivity index (χ3v) is 2.67. The van der Waals surface area contributed by atoms with Crippen molar-refractivity contribution < 1.29 is 4.39 Å². The first-order valence-electron chi connectivity index (χ1n) is 5.16. The molecule has 1 heterocycles. The van der Waals surface area contributed by atoms with Crippen molar-refractivity contribution in [3.63, 3.8) is 0 Å². The van der Waals surface area contributed by atoms with Crippen LogP contribution in [0.4, 0.5) is 4.39 Å². The second-order valence-corrected chi connectivity index (χ2v) is 4.54. The number of likely N-dealkylation sites (tertiary alicyclic amines) is 1. The molecule has 2 unspecified atom stereocenters. The van der Waals surface area contributed by atoms with Gasteiger partial charge in [-0.3, -0.25) is 0 Å². The molecule has 1 aliphatic heterocycles. The lowest BCUT2D eigenvalue weighted by Crippen LogP contribution is -2.36. The van der Waals surface area contributed by atoms with Crippen LogP contribution in [0.5, 0.6) is 0 Å². The minimum atomic E-state index is -0.952. The van der Waals surface area contributed by atoms with Gasteiger partial charge in [0.05, 0.1) is 0 Å². The fourth-order valence-electron chi connectivity index (χ4n) is 1.89. The first-order chi connectivity index (χ1) is 5.99. The maximum atomic E-state index is 13.6. The number of rotatable bonds is 2. The van der Waals surface area contributed by atoms with Gasteiger partial charge in [0.25, 0.3) is 0 Å². The Morgan fingerprint density at radius 1 is 1.46 bits per heavy atom. The molecular formula is C10H21FN2. The summed E-state index contributed by atoms with van der Waals surface area (Å²) in [5, 5.41) is 0. The van der Waals surface area contributed by atoms with Gasteiger partial charge >= 0.3 is 0 Å². The second-order valence-electron chi connectivity index (χ2n) is 4.54. The lowest BCUT2D eigenvalue weighted by molar-refractivity contribution is 0.161. The first-order valence-corrected chi connectivity index (χ1v) is 5.16. The number of halogens is 1. The van der Waals surface area contributed by atoms with Gasteiger partial charge in [-0.2, -0.15) is 0 Å². The quantitative estimate of drug-likeness (QED) is 0.712. The predicted octanol–water partition coefficient (Wildman–Crippen LogP) is 1.55. The molecule has 1 fully saturated rings. The smallest absolute Gasteiger partial charge is 0.109 e. The molecule has 78 valence electrons. The summed E-state index contributed by atoms with van der Waals surface area (Å²) in [4.78, 5) is 2.27. The van der Waals surface area contributed by atoms with E-state index < -0.39 is 5.67 Å². The highest BCUT2D eigenvalue weighted by atomic mass is 19.1. The molecule has 2 atom stereocenters. The van der Waals surface area contributed by atoms with Gasteiger partial charge in [-0.25, -0.2) is 4.39 Å². The van der Waals surface area contributed by atoms with Crippen LogP contribution >= 0.6 is 0 Å². The Kier molecular flexibility index (Phi) is 3.68. The molecule has 0 bridgehead atoms. The molecule has 0 radical (unpaired) electrons. The molecule has 13 heavy (non-hydrogen) atoms. The Morgan fingerprint density at radius 2 is 2.15 bits per heavy atom. The number of alkyl halides is 1. The summed E-state index contributed by atoms with van der Waals surface area (Å²) >= 11 is 0. The van der Waals surface area contributed by atoms with Crippen LogP contribution in [-0.4, -0.2) is 36.2 Å². The molecular weight excluding hydrogens is 167 g/mol. The van der Waals surface area contributed by atoms with E-state index in [0.717, 1.165) is 26.1 Å². The number of hydrogen-bond acceptors (Lipinski definition) is 2. The molecule has 0 aromatic heterocycles. The number of hydrogen-bond donors (Lipinski definition) is 1. The van der Waals surface area contributed by atoms with Crippen molar-refractivity contribution in [3.8, 4) is 0 Å². The van der Waals surface area contributed by atoms with Crippen LogP contribution < -0.4 is 5.73 Å². The molecule has 3 heteroatoms. The van der Waals surface area contributed by atoms with Gasteiger partial charge < -0.3 is 10.6 Å². The fourth-order valence-corrected chi connectivity index (χ4v) is 1.89. The Bertz CT molecular complexity index is 157. The Hall–Kier alpha value is -0.150. The van der Waals surface area contributed by atoms with Crippen LogP contribution in [0.3, 0.4) is 0 Å². The zero-order valence-electron chi connectivity index (χ0n) is 8.72. The SMILES string of the molecule is CC(N)CN1CCCC(C)(F)CC1. The largest absolute Gasteiger partial charge is 0.327 e. The topological polar surface area (TPSA) is 29.3 Å². The van der Waals surface area contributed by atoms with E-state index in [2.05, 4.69) is 4.90 Å². The van der Waals surface area contributed by atoms with E-state index in [0.29, 0.717) is 12.8 Å². The third kappa shape index (κ3) is 4.05. The predicted molar refractivity (Wildman–Crippen MR) is 53.5 cm³/mol. The fraction of sp³-hybridized carbons (Fsp3) is 1.00. The molecule has 2 N–H and O–H groups in total. The standard InChI is InChI=1S/C10H21FN2/c1-9(12)8-13-6-3-4-10(2,11)5-7-13/h9H,3-8,12H2,1-2H3. The van der Waals surface area contributed by atoms with Gasteiger partial charge in [0.1, 0.15) is 5.67 Å². The maximum absolute atomic E-state index is 13.6. The van der Waals surface area contributed by atoms with Gasteiger partial charge in [-0.05, 0) is 39.7 Å². The average Bonchev–Trinajstić information content (AvgIpc) is 2.12. The van der Waals surface area contributed by atoms with Crippen LogP contribution in [0.1, 0.15) is 33.1 Å². The zero-order valence-corrected chi connectivity index (χ0v) is 8.72. The van der Waals surface area contributed by atoms with Gasteiger partial charge in [-0.1, -0.05) is 0 Å². The monoisotopic (exact) mass is 188 g/mol. The normalized spacial score (nSPS) is 34.2. The van der Waals surface area contributed by atoms with Crippen LogP contribution in [0.2, 0.25) is 0 Å². The number of nitrogens with zero attached hydrogens (tertiary/aromatic N) is 1. The molecule has 0 spiro atoms. The van der Waals surface area contributed by atoms with E-state index in [1.54, 1.807) is 6.92 Å². The van der Waals surface area contributed by atoms with Crippen LogP contribution in [0, 0.1) is 0 Å². The van der Waals surface area contributed by atoms with E-state index in [-0.39, 0.29) is 6.04 Å². The summed E-state index contributed by atoms with van der Waals surface area (Å²) in [5.74, 6) is 0. The minimum absolute atomic E-state index is 0.198.